The van der Waals surface area contributed by atoms with Crippen molar-refractivity contribution in [3.05, 3.63) is 46.6 Å². The van der Waals surface area contributed by atoms with Gasteiger partial charge in [-0.3, -0.25) is 0 Å². The number of quaternary nitrogens is 1. The van der Waals surface area contributed by atoms with E-state index in [-0.39, 0.29) is 23.3 Å². The second-order valence-corrected chi connectivity index (χ2v) is 10.7. The Bertz CT molecular complexity index is 783. The predicted octanol–water partition coefficient (Wildman–Crippen LogP) is 6.86. The minimum absolute atomic E-state index is 0.0136. The van der Waals surface area contributed by atoms with Crippen molar-refractivity contribution in [2.75, 3.05) is 6.54 Å². The summed E-state index contributed by atoms with van der Waals surface area (Å²) in [5.41, 5.74) is 5.09. The molecule has 188 valence electrons. The summed E-state index contributed by atoms with van der Waals surface area (Å²) in [6.45, 7) is 25.1. The zero-order chi connectivity index (χ0) is 25.3. The second kappa shape index (κ2) is 13.8. The summed E-state index contributed by atoms with van der Waals surface area (Å²) >= 11 is 0. The summed E-state index contributed by atoms with van der Waals surface area (Å²) in [6, 6.07) is 3.41. The molecule has 1 aromatic rings. The lowest BCUT2D eigenvalue weighted by molar-refractivity contribution is -0.940. The van der Waals surface area contributed by atoms with Crippen molar-refractivity contribution >= 4 is 0 Å². The first-order valence-corrected chi connectivity index (χ1v) is 13.2. The molecule has 0 spiro atoms. The third kappa shape index (κ3) is 8.21. The van der Waals surface area contributed by atoms with Crippen molar-refractivity contribution in [2.45, 2.75) is 119 Å². The average Bonchev–Trinajstić information content (AvgIpc) is 2.72. The van der Waals surface area contributed by atoms with Gasteiger partial charge in [-0.2, -0.15) is 0 Å². The van der Waals surface area contributed by atoms with Gasteiger partial charge < -0.3 is 15.1 Å². The van der Waals surface area contributed by atoms with Gasteiger partial charge in [0.15, 0.2) is 0 Å². The maximum atomic E-state index is 10.8. The van der Waals surface area contributed by atoms with Crippen LogP contribution in [0.5, 0.6) is 11.5 Å². The van der Waals surface area contributed by atoms with Crippen LogP contribution in [-0.2, 0) is 6.42 Å². The lowest BCUT2D eigenvalue weighted by atomic mass is 9.73. The van der Waals surface area contributed by atoms with Crippen molar-refractivity contribution < 1.29 is 15.1 Å². The topological polar surface area (TPSA) is 44.9 Å². The summed E-state index contributed by atoms with van der Waals surface area (Å²) in [4.78, 5) is 1.69. The van der Waals surface area contributed by atoms with Gasteiger partial charge >= 0.3 is 0 Å². The highest BCUT2D eigenvalue weighted by Gasteiger charge is 2.31. The molecule has 3 heteroatoms. The van der Waals surface area contributed by atoms with E-state index in [9.17, 15) is 10.2 Å². The SMILES string of the molecule is C=C(C)[C@@H]1CCC(C)=C[C@H]1c1c(O)cc(CCCCC)c(C)c1O.CC[NH+](C(C)C)C(C)C. The number of allylic oxidation sites excluding steroid dienone is 3. The van der Waals surface area contributed by atoms with Crippen LogP contribution in [0.3, 0.4) is 0 Å². The Morgan fingerprint density at radius 3 is 2.15 bits per heavy atom. The van der Waals surface area contributed by atoms with Crippen molar-refractivity contribution in [3.8, 4) is 11.5 Å². The van der Waals surface area contributed by atoms with E-state index in [2.05, 4.69) is 61.1 Å². The monoisotopic (exact) mass is 458 g/mol. The smallest absolute Gasteiger partial charge is 0.126 e. The van der Waals surface area contributed by atoms with Crippen LogP contribution >= 0.6 is 0 Å². The molecule has 0 aromatic heterocycles. The largest absolute Gasteiger partial charge is 0.507 e. The quantitative estimate of drug-likeness (QED) is 0.279. The number of benzene rings is 1. The van der Waals surface area contributed by atoms with E-state index in [0.717, 1.165) is 54.5 Å². The van der Waals surface area contributed by atoms with Crippen molar-refractivity contribution in [1.82, 2.24) is 0 Å². The van der Waals surface area contributed by atoms with E-state index >= 15 is 0 Å². The number of rotatable bonds is 9. The Morgan fingerprint density at radius 2 is 1.70 bits per heavy atom. The summed E-state index contributed by atoms with van der Waals surface area (Å²) < 4.78 is 0. The normalized spacial score (nSPS) is 18.4. The molecule has 0 saturated carbocycles. The Morgan fingerprint density at radius 1 is 1.09 bits per heavy atom. The molecule has 33 heavy (non-hydrogen) atoms. The molecular formula is C30H52NO2+. The lowest BCUT2D eigenvalue weighted by Gasteiger charge is -2.32. The molecule has 2 rings (SSSR count). The Hall–Kier alpha value is -1.74. The first-order chi connectivity index (χ1) is 15.5. The molecule has 0 amide bonds. The summed E-state index contributed by atoms with van der Waals surface area (Å²) in [5.74, 6) is 0.783. The van der Waals surface area contributed by atoms with Gasteiger partial charge in [0, 0.05) is 11.5 Å². The first-order valence-electron chi connectivity index (χ1n) is 13.2. The molecule has 0 radical (unpaired) electrons. The molecule has 1 aliphatic rings. The molecule has 2 atom stereocenters. The molecule has 3 nitrogen and oxygen atoms in total. The molecular weight excluding hydrogens is 406 g/mol. The maximum absolute atomic E-state index is 10.8. The van der Waals surface area contributed by atoms with Crippen LogP contribution in [0.4, 0.5) is 0 Å². The van der Waals surface area contributed by atoms with Crippen LogP contribution < -0.4 is 4.90 Å². The van der Waals surface area contributed by atoms with Gasteiger partial charge in [-0.1, -0.05) is 43.6 Å². The highest BCUT2D eigenvalue weighted by atomic mass is 16.3. The van der Waals surface area contributed by atoms with Crippen LogP contribution in [0.15, 0.2) is 29.9 Å². The van der Waals surface area contributed by atoms with Gasteiger partial charge in [-0.25, -0.2) is 0 Å². The molecule has 0 heterocycles. The van der Waals surface area contributed by atoms with Crippen LogP contribution in [0.25, 0.3) is 0 Å². The molecule has 0 aliphatic heterocycles. The highest BCUT2D eigenvalue weighted by molar-refractivity contribution is 5.56. The zero-order valence-electron chi connectivity index (χ0n) is 23.0. The zero-order valence-corrected chi connectivity index (χ0v) is 23.0. The Balaban J connectivity index is 0.000000513. The third-order valence-corrected chi connectivity index (χ3v) is 7.33. The standard InChI is InChI=1S/C22H32O2.C8H19N/c1-6-7-8-9-17-13-20(23)21(22(24)16(17)5)19-12-15(4)10-11-18(19)14(2)3;1-6-9(7(2)3)8(4)5/h12-13,18-19,23-24H,2,6-11H2,1,3-5H3;7-8H,6H2,1-5H3/p+1/t18-,19+;/m0./s1. The molecule has 1 aromatic carbocycles. The van der Waals surface area contributed by atoms with Gasteiger partial charge in [0.05, 0.1) is 18.6 Å². The fourth-order valence-corrected chi connectivity index (χ4v) is 5.37. The van der Waals surface area contributed by atoms with E-state index in [1.165, 1.54) is 25.0 Å². The number of phenolic OH excluding ortho intramolecular Hbond substituents is 2. The van der Waals surface area contributed by atoms with E-state index in [1.54, 1.807) is 4.90 Å². The number of unbranched alkanes of at least 4 members (excludes halogenated alkanes) is 2. The second-order valence-electron chi connectivity index (χ2n) is 10.7. The first kappa shape index (κ1) is 29.3. The van der Waals surface area contributed by atoms with Crippen molar-refractivity contribution in [2.24, 2.45) is 5.92 Å². The van der Waals surface area contributed by atoms with Gasteiger partial charge in [-0.05, 0) is 104 Å². The Labute approximate surface area is 204 Å². The Kier molecular flexibility index (Phi) is 12.3. The molecule has 1 aliphatic carbocycles. The van der Waals surface area contributed by atoms with Gasteiger partial charge in [0.2, 0.25) is 0 Å². The molecule has 0 bridgehead atoms. The van der Waals surface area contributed by atoms with Gasteiger partial charge in [-0.15, -0.1) is 0 Å². The van der Waals surface area contributed by atoms with E-state index in [1.807, 2.05) is 19.9 Å². The fraction of sp³-hybridized carbons (Fsp3) is 0.667. The maximum Gasteiger partial charge on any atom is 0.126 e. The summed E-state index contributed by atoms with van der Waals surface area (Å²) in [6.07, 6.45) is 8.62. The number of nitrogens with one attached hydrogen (secondary N) is 1. The lowest BCUT2D eigenvalue weighted by Crippen LogP contribution is -3.17. The van der Waals surface area contributed by atoms with Gasteiger partial charge in [0.25, 0.3) is 0 Å². The number of hydrogen-bond acceptors (Lipinski definition) is 2. The third-order valence-electron chi connectivity index (χ3n) is 7.33. The van der Waals surface area contributed by atoms with Crippen LogP contribution in [-0.4, -0.2) is 28.8 Å². The molecule has 0 fully saturated rings. The van der Waals surface area contributed by atoms with Crippen LogP contribution in [0.1, 0.15) is 110 Å². The number of hydrogen-bond donors (Lipinski definition) is 3. The number of aryl methyl sites for hydroxylation is 1. The predicted molar refractivity (Wildman–Crippen MR) is 144 cm³/mol. The van der Waals surface area contributed by atoms with E-state index in [4.69, 9.17) is 0 Å². The van der Waals surface area contributed by atoms with Crippen molar-refractivity contribution in [1.29, 1.82) is 0 Å². The minimum Gasteiger partial charge on any atom is -0.507 e. The average molecular weight is 459 g/mol. The van der Waals surface area contributed by atoms with E-state index < -0.39 is 0 Å². The van der Waals surface area contributed by atoms with E-state index in [0.29, 0.717) is 5.56 Å². The minimum atomic E-state index is 0.0136. The summed E-state index contributed by atoms with van der Waals surface area (Å²) in [5, 5.41) is 21.5. The number of phenols is 2. The highest BCUT2D eigenvalue weighted by Crippen LogP contribution is 2.47. The number of aromatic hydroxyl groups is 2. The van der Waals surface area contributed by atoms with Crippen LogP contribution in [0.2, 0.25) is 0 Å². The fourth-order valence-electron chi connectivity index (χ4n) is 5.37. The van der Waals surface area contributed by atoms with Crippen LogP contribution in [0, 0.1) is 12.8 Å². The molecule has 0 saturated heterocycles. The molecule has 0 unspecified atom stereocenters. The van der Waals surface area contributed by atoms with Crippen molar-refractivity contribution in [3.63, 3.8) is 0 Å². The summed E-state index contributed by atoms with van der Waals surface area (Å²) in [7, 11) is 0. The van der Waals surface area contributed by atoms with Gasteiger partial charge in [0.1, 0.15) is 11.5 Å². The molecule has 3 N–H and O–H groups in total.